The molecule has 0 atom stereocenters. The summed E-state index contributed by atoms with van der Waals surface area (Å²) in [7, 11) is 0. The quantitative estimate of drug-likeness (QED) is 0.164. The molecule has 7 heteroatoms. The van der Waals surface area contributed by atoms with Crippen LogP contribution in [-0.2, 0) is 4.79 Å². The van der Waals surface area contributed by atoms with Crippen molar-refractivity contribution < 1.29 is 19.0 Å². The zero-order chi connectivity index (χ0) is 25.5. The van der Waals surface area contributed by atoms with Crippen LogP contribution >= 0.6 is 24.0 Å². The Morgan fingerprint density at radius 3 is 2.33 bits per heavy atom. The van der Waals surface area contributed by atoms with Crippen molar-refractivity contribution in [3.8, 4) is 17.2 Å². The van der Waals surface area contributed by atoms with E-state index in [9.17, 15) is 4.79 Å². The molecule has 0 aliphatic carbocycles. The molecule has 4 rings (SSSR count). The number of thioether (sulfide) groups is 1. The lowest BCUT2D eigenvalue weighted by Gasteiger charge is -2.14. The summed E-state index contributed by atoms with van der Waals surface area (Å²) in [6, 6.07) is 21.3. The molecule has 0 aromatic heterocycles. The Balaban J connectivity index is 1.38. The van der Waals surface area contributed by atoms with Gasteiger partial charge in [-0.15, -0.1) is 0 Å². The van der Waals surface area contributed by atoms with E-state index >= 15 is 0 Å². The second kappa shape index (κ2) is 12.1. The third-order valence-electron chi connectivity index (χ3n) is 5.38. The van der Waals surface area contributed by atoms with Gasteiger partial charge in [-0.05, 0) is 79.9 Å². The van der Waals surface area contributed by atoms with Gasteiger partial charge in [0, 0.05) is 6.42 Å². The summed E-state index contributed by atoms with van der Waals surface area (Å²) in [4.78, 5) is 15.2. The van der Waals surface area contributed by atoms with Crippen LogP contribution in [0.5, 0.6) is 17.2 Å². The molecule has 1 amide bonds. The zero-order valence-corrected chi connectivity index (χ0v) is 22.3. The number of nitrogens with zero attached hydrogens (tertiary/aromatic N) is 1. The van der Waals surface area contributed by atoms with E-state index in [1.54, 1.807) is 4.90 Å². The maximum Gasteiger partial charge on any atom is 0.270 e. The second-order valence-electron chi connectivity index (χ2n) is 8.37. The molecule has 3 aromatic carbocycles. The van der Waals surface area contributed by atoms with Gasteiger partial charge < -0.3 is 14.2 Å². The molecule has 36 heavy (non-hydrogen) atoms. The predicted molar refractivity (Wildman–Crippen MR) is 151 cm³/mol. The third kappa shape index (κ3) is 6.47. The highest BCUT2D eigenvalue weighted by molar-refractivity contribution is 8.27. The fourth-order valence-electron chi connectivity index (χ4n) is 3.87. The summed E-state index contributed by atoms with van der Waals surface area (Å²) < 4.78 is 18.2. The zero-order valence-electron chi connectivity index (χ0n) is 20.7. The Kier molecular flexibility index (Phi) is 8.67. The lowest BCUT2D eigenvalue weighted by atomic mass is 10.1. The lowest BCUT2D eigenvalue weighted by molar-refractivity contribution is -0.113. The number of hydrogen-bond acceptors (Lipinski definition) is 6. The second-order valence-corrected chi connectivity index (χ2v) is 10.0. The van der Waals surface area contributed by atoms with Gasteiger partial charge in [-0.1, -0.05) is 54.3 Å². The van der Waals surface area contributed by atoms with Gasteiger partial charge in [-0.25, -0.2) is 0 Å². The molecular formula is C29H29NO4S2. The fourth-order valence-corrected chi connectivity index (χ4v) is 5.17. The van der Waals surface area contributed by atoms with Gasteiger partial charge in [-0.3, -0.25) is 9.69 Å². The van der Waals surface area contributed by atoms with E-state index in [4.69, 9.17) is 26.4 Å². The van der Waals surface area contributed by atoms with Gasteiger partial charge in [0.1, 0.15) is 5.75 Å². The topological polar surface area (TPSA) is 48.0 Å². The number of carbonyl (C=O) groups is 1. The first-order valence-electron chi connectivity index (χ1n) is 11.9. The van der Waals surface area contributed by atoms with Crippen molar-refractivity contribution in [3.63, 3.8) is 0 Å². The largest absolute Gasteiger partial charge is 0.493 e. The SMILES string of the molecule is CCOc1cc(C=C2SC(=S)N(c3ccccc3)C2=O)ccc1OCCCOc1cc(C)cc(C)c1. The van der Waals surface area contributed by atoms with Crippen LogP contribution in [-0.4, -0.2) is 30.0 Å². The Labute approximate surface area is 222 Å². The molecule has 0 saturated carbocycles. The van der Waals surface area contributed by atoms with E-state index in [1.807, 2.05) is 73.7 Å². The Morgan fingerprint density at radius 1 is 0.889 bits per heavy atom. The van der Waals surface area contributed by atoms with Crippen LogP contribution in [0.15, 0.2) is 71.6 Å². The first-order chi connectivity index (χ1) is 17.4. The fraction of sp³-hybridized carbons (Fsp3) is 0.241. The van der Waals surface area contributed by atoms with Gasteiger partial charge in [-0.2, -0.15) is 0 Å². The molecule has 3 aromatic rings. The smallest absolute Gasteiger partial charge is 0.270 e. The minimum absolute atomic E-state index is 0.127. The summed E-state index contributed by atoms with van der Waals surface area (Å²) >= 11 is 6.76. The summed E-state index contributed by atoms with van der Waals surface area (Å²) in [5.74, 6) is 2.06. The minimum Gasteiger partial charge on any atom is -0.493 e. The average molecular weight is 520 g/mol. The highest BCUT2D eigenvalue weighted by atomic mass is 32.2. The molecule has 0 N–H and O–H groups in total. The van der Waals surface area contributed by atoms with Crippen molar-refractivity contribution in [3.05, 3.63) is 88.3 Å². The number of ether oxygens (including phenoxy) is 3. The number of amides is 1. The molecule has 186 valence electrons. The van der Waals surface area contributed by atoms with E-state index < -0.39 is 0 Å². The van der Waals surface area contributed by atoms with Gasteiger partial charge in [0.15, 0.2) is 15.8 Å². The Hall–Kier alpha value is -3.29. The van der Waals surface area contributed by atoms with Crippen LogP contribution in [0.4, 0.5) is 5.69 Å². The molecule has 1 heterocycles. The maximum atomic E-state index is 13.0. The molecule has 0 spiro atoms. The Morgan fingerprint density at radius 2 is 1.61 bits per heavy atom. The minimum atomic E-state index is -0.127. The highest BCUT2D eigenvalue weighted by Crippen LogP contribution is 2.37. The first kappa shape index (κ1) is 25.8. The van der Waals surface area contributed by atoms with Crippen molar-refractivity contribution >= 4 is 46.0 Å². The van der Waals surface area contributed by atoms with E-state index in [1.165, 1.54) is 22.9 Å². The molecule has 5 nitrogen and oxygen atoms in total. The predicted octanol–water partition coefficient (Wildman–Crippen LogP) is 6.96. The number of hydrogen-bond donors (Lipinski definition) is 0. The van der Waals surface area contributed by atoms with Crippen molar-refractivity contribution in [2.24, 2.45) is 0 Å². The van der Waals surface area contributed by atoms with Crippen molar-refractivity contribution in [2.75, 3.05) is 24.7 Å². The van der Waals surface area contributed by atoms with Gasteiger partial charge in [0.05, 0.1) is 30.4 Å². The van der Waals surface area contributed by atoms with Gasteiger partial charge >= 0.3 is 0 Å². The van der Waals surface area contributed by atoms with E-state index in [2.05, 4.69) is 19.9 Å². The Bertz CT molecular complexity index is 1250. The number of carbonyl (C=O) groups excluding carboxylic acids is 1. The molecule has 1 saturated heterocycles. The van der Waals surface area contributed by atoms with E-state index in [0.717, 1.165) is 23.4 Å². The van der Waals surface area contributed by atoms with Crippen LogP contribution in [0.2, 0.25) is 0 Å². The van der Waals surface area contributed by atoms with Crippen LogP contribution < -0.4 is 19.1 Å². The average Bonchev–Trinajstić information content (AvgIpc) is 3.12. The lowest BCUT2D eigenvalue weighted by Crippen LogP contribution is -2.27. The molecule has 1 aliphatic heterocycles. The van der Waals surface area contributed by atoms with Crippen molar-refractivity contribution in [2.45, 2.75) is 27.2 Å². The maximum absolute atomic E-state index is 13.0. The molecule has 1 aliphatic rings. The number of thiocarbonyl (C=S) groups is 1. The van der Waals surface area contributed by atoms with Gasteiger partial charge in [0.25, 0.3) is 5.91 Å². The molecular weight excluding hydrogens is 490 g/mol. The van der Waals surface area contributed by atoms with E-state index in [-0.39, 0.29) is 5.91 Å². The van der Waals surface area contributed by atoms with Crippen molar-refractivity contribution in [1.82, 2.24) is 0 Å². The summed E-state index contributed by atoms with van der Waals surface area (Å²) in [5.41, 5.74) is 3.98. The van der Waals surface area contributed by atoms with Crippen molar-refractivity contribution in [1.29, 1.82) is 0 Å². The van der Waals surface area contributed by atoms with Crippen LogP contribution in [0.1, 0.15) is 30.0 Å². The summed E-state index contributed by atoms with van der Waals surface area (Å²) in [6.45, 7) is 7.62. The monoisotopic (exact) mass is 519 g/mol. The number of para-hydroxylation sites is 1. The molecule has 0 bridgehead atoms. The van der Waals surface area contributed by atoms with Crippen LogP contribution in [0.3, 0.4) is 0 Å². The van der Waals surface area contributed by atoms with Crippen LogP contribution in [0, 0.1) is 13.8 Å². The van der Waals surface area contributed by atoms with Crippen LogP contribution in [0.25, 0.3) is 6.08 Å². The standard InChI is InChI=1S/C29H29NO4S2/c1-4-32-26-18-22(19-27-28(31)30(29(35)36-27)23-9-6-5-7-10-23)11-12-25(26)34-14-8-13-33-24-16-20(2)15-21(3)17-24/h5-7,9-12,15-19H,4,8,13-14H2,1-3H3. The summed E-state index contributed by atoms with van der Waals surface area (Å²) in [6.07, 6.45) is 2.58. The summed E-state index contributed by atoms with van der Waals surface area (Å²) in [5, 5.41) is 0. The number of rotatable bonds is 10. The molecule has 1 fully saturated rings. The normalized spacial score (nSPS) is 14.4. The highest BCUT2D eigenvalue weighted by Gasteiger charge is 2.33. The van der Waals surface area contributed by atoms with E-state index in [0.29, 0.717) is 40.5 Å². The number of benzene rings is 3. The first-order valence-corrected chi connectivity index (χ1v) is 13.1. The molecule has 0 unspecified atom stereocenters. The molecule has 0 radical (unpaired) electrons. The number of anilines is 1. The van der Waals surface area contributed by atoms with Gasteiger partial charge in [0.2, 0.25) is 0 Å². The number of aryl methyl sites for hydroxylation is 2. The third-order valence-corrected chi connectivity index (χ3v) is 6.69.